The Hall–Kier alpha value is -2.47. The molecule has 1 aliphatic carbocycles. The van der Waals surface area contributed by atoms with Gasteiger partial charge in [-0.25, -0.2) is 4.98 Å². The first-order valence-electron chi connectivity index (χ1n) is 7.98. The molecule has 0 spiro atoms. The van der Waals surface area contributed by atoms with Crippen molar-refractivity contribution >= 4 is 17.2 Å². The number of thiazole rings is 1. The Morgan fingerprint density at radius 1 is 1.38 bits per heavy atom. The summed E-state index contributed by atoms with van der Waals surface area (Å²) in [7, 11) is 0. The highest BCUT2D eigenvalue weighted by atomic mass is 32.1. The van der Waals surface area contributed by atoms with Crippen LogP contribution in [0.1, 0.15) is 22.8 Å². The van der Waals surface area contributed by atoms with Crippen molar-refractivity contribution in [3.05, 3.63) is 59.3 Å². The molecule has 122 valence electrons. The van der Waals surface area contributed by atoms with E-state index >= 15 is 0 Å². The van der Waals surface area contributed by atoms with Crippen molar-refractivity contribution < 1.29 is 9.21 Å². The van der Waals surface area contributed by atoms with E-state index in [1.807, 2.05) is 30.5 Å². The normalized spacial score (nSPS) is 16.6. The van der Waals surface area contributed by atoms with Crippen molar-refractivity contribution in [3.63, 3.8) is 0 Å². The van der Waals surface area contributed by atoms with Gasteiger partial charge in [-0.05, 0) is 43.5 Å². The number of carbonyl (C=O) groups excluding carboxylic acids is 1. The highest BCUT2D eigenvalue weighted by Crippen LogP contribution is 2.34. The standard InChI is InChI=1S/C18H17N3O2S/c22-17(20-11-14-4-2-8-23-14)12-5-6-15-16(9-12)24-18(21-15)13-3-1-7-19-10-13/h1-4,7-8,10,12H,5-6,9,11H2,(H,20,22). The average molecular weight is 339 g/mol. The second-order valence-electron chi connectivity index (χ2n) is 5.87. The third kappa shape index (κ3) is 3.10. The first-order valence-corrected chi connectivity index (χ1v) is 8.80. The predicted octanol–water partition coefficient (Wildman–Crippen LogP) is 3.22. The van der Waals surface area contributed by atoms with Gasteiger partial charge >= 0.3 is 0 Å². The van der Waals surface area contributed by atoms with Crippen molar-refractivity contribution in [1.29, 1.82) is 0 Å². The van der Waals surface area contributed by atoms with Crippen LogP contribution in [0.15, 0.2) is 47.3 Å². The lowest BCUT2D eigenvalue weighted by molar-refractivity contribution is -0.125. The van der Waals surface area contributed by atoms with Crippen LogP contribution < -0.4 is 5.32 Å². The van der Waals surface area contributed by atoms with Gasteiger partial charge in [-0.15, -0.1) is 11.3 Å². The van der Waals surface area contributed by atoms with Gasteiger partial charge < -0.3 is 9.73 Å². The topological polar surface area (TPSA) is 68.0 Å². The number of fused-ring (bicyclic) bond motifs is 1. The number of aryl methyl sites for hydroxylation is 1. The molecule has 0 fully saturated rings. The van der Waals surface area contributed by atoms with Crippen LogP contribution in [0.4, 0.5) is 0 Å². The maximum atomic E-state index is 12.4. The number of hydrogen-bond donors (Lipinski definition) is 1. The summed E-state index contributed by atoms with van der Waals surface area (Å²) in [4.78, 5) is 22.5. The van der Waals surface area contributed by atoms with E-state index in [0.717, 1.165) is 41.3 Å². The van der Waals surface area contributed by atoms with Gasteiger partial charge in [0.1, 0.15) is 10.8 Å². The van der Waals surface area contributed by atoms with Crippen LogP contribution in [-0.4, -0.2) is 15.9 Å². The summed E-state index contributed by atoms with van der Waals surface area (Å²) in [6.45, 7) is 0.443. The molecule has 1 atom stereocenters. The molecule has 24 heavy (non-hydrogen) atoms. The Morgan fingerprint density at radius 3 is 3.12 bits per heavy atom. The smallest absolute Gasteiger partial charge is 0.223 e. The van der Waals surface area contributed by atoms with E-state index in [9.17, 15) is 4.79 Å². The van der Waals surface area contributed by atoms with E-state index in [4.69, 9.17) is 9.40 Å². The van der Waals surface area contributed by atoms with Crippen LogP contribution in [0, 0.1) is 5.92 Å². The number of carbonyl (C=O) groups is 1. The van der Waals surface area contributed by atoms with Gasteiger partial charge in [0, 0.05) is 28.8 Å². The molecule has 6 heteroatoms. The Labute approximate surface area is 143 Å². The maximum absolute atomic E-state index is 12.4. The van der Waals surface area contributed by atoms with Crippen LogP contribution in [0.2, 0.25) is 0 Å². The zero-order valence-electron chi connectivity index (χ0n) is 13.1. The van der Waals surface area contributed by atoms with E-state index in [2.05, 4.69) is 10.3 Å². The molecular weight excluding hydrogens is 322 g/mol. The minimum atomic E-state index is 0.00895. The molecule has 0 radical (unpaired) electrons. The highest BCUT2D eigenvalue weighted by Gasteiger charge is 2.27. The number of nitrogens with one attached hydrogen (secondary N) is 1. The molecular formula is C18H17N3O2S. The summed E-state index contributed by atoms with van der Waals surface area (Å²) >= 11 is 1.68. The minimum Gasteiger partial charge on any atom is -0.467 e. The number of hydrogen-bond acceptors (Lipinski definition) is 5. The molecule has 3 heterocycles. The largest absolute Gasteiger partial charge is 0.467 e. The van der Waals surface area contributed by atoms with E-state index in [1.54, 1.807) is 23.8 Å². The molecule has 0 saturated heterocycles. The summed E-state index contributed by atoms with van der Waals surface area (Å²) in [6.07, 6.45) is 7.66. The Kier molecular flexibility index (Phi) is 4.13. The lowest BCUT2D eigenvalue weighted by Gasteiger charge is -2.20. The van der Waals surface area contributed by atoms with Crippen LogP contribution in [-0.2, 0) is 24.2 Å². The number of amides is 1. The number of nitrogens with zero attached hydrogens (tertiary/aromatic N) is 2. The maximum Gasteiger partial charge on any atom is 0.223 e. The zero-order chi connectivity index (χ0) is 16.4. The number of pyridine rings is 1. The fourth-order valence-electron chi connectivity index (χ4n) is 2.94. The van der Waals surface area contributed by atoms with E-state index in [-0.39, 0.29) is 11.8 Å². The molecule has 4 rings (SSSR count). The zero-order valence-corrected chi connectivity index (χ0v) is 13.9. The molecule has 1 unspecified atom stereocenters. The quantitative estimate of drug-likeness (QED) is 0.792. The van der Waals surface area contributed by atoms with Gasteiger partial charge in [0.25, 0.3) is 0 Å². The van der Waals surface area contributed by atoms with Gasteiger partial charge in [-0.2, -0.15) is 0 Å². The molecule has 3 aromatic heterocycles. The van der Waals surface area contributed by atoms with Crippen molar-refractivity contribution in [2.24, 2.45) is 5.92 Å². The second-order valence-corrected chi connectivity index (χ2v) is 6.95. The van der Waals surface area contributed by atoms with Gasteiger partial charge in [-0.3, -0.25) is 9.78 Å². The molecule has 0 aromatic carbocycles. The number of aromatic nitrogens is 2. The Bertz CT molecular complexity index is 827. The summed E-state index contributed by atoms with van der Waals surface area (Å²) in [5, 5.41) is 3.96. The van der Waals surface area contributed by atoms with Crippen LogP contribution in [0.3, 0.4) is 0 Å². The first kappa shape index (κ1) is 15.1. The Balaban J connectivity index is 1.44. The fraction of sp³-hybridized carbons (Fsp3) is 0.278. The van der Waals surface area contributed by atoms with E-state index in [0.29, 0.717) is 6.54 Å². The van der Waals surface area contributed by atoms with Crippen molar-refractivity contribution in [2.75, 3.05) is 0 Å². The molecule has 1 aliphatic rings. The molecule has 0 aliphatic heterocycles. The summed E-state index contributed by atoms with van der Waals surface area (Å²) < 4.78 is 5.25. The van der Waals surface area contributed by atoms with Crippen molar-refractivity contribution in [3.8, 4) is 10.6 Å². The minimum absolute atomic E-state index is 0.00895. The van der Waals surface area contributed by atoms with Crippen LogP contribution in [0.5, 0.6) is 0 Å². The first-order chi connectivity index (χ1) is 11.8. The summed E-state index contributed by atoms with van der Waals surface area (Å²) in [5.41, 5.74) is 2.17. The second kappa shape index (κ2) is 6.57. The average Bonchev–Trinajstić information content (AvgIpc) is 3.29. The van der Waals surface area contributed by atoms with Crippen LogP contribution in [0.25, 0.3) is 10.6 Å². The third-order valence-electron chi connectivity index (χ3n) is 4.24. The van der Waals surface area contributed by atoms with Gasteiger partial charge in [-0.1, -0.05) is 0 Å². The van der Waals surface area contributed by atoms with Gasteiger partial charge in [0.2, 0.25) is 5.91 Å². The highest BCUT2D eigenvalue weighted by molar-refractivity contribution is 7.15. The number of furan rings is 1. The van der Waals surface area contributed by atoms with E-state index in [1.165, 1.54) is 4.88 Å². The van der Waals surface area contributed by atoms with E-state index < -0.39 is 0 Å². The predicted molar refractivity (Wildman–Crippen MR) is 91.4 cm³/mol. The summed E-state index contributed by atoms with van der Waals surface area (Å²) in [6, 6.07) is 7.62. The SMILES string of the molecule is O=C(NCc1ccco1)C1CCc2nc(-c3cccnc3)sc2C1. The molecule has 1 N–H and O–H groups in total. The van der Waals surface area contributed by atoms with Gasteiger partial charge in [0.05, 0.1) is 18.5 Å². The molecule has 0 saturated carbocycles. The van der Waals surface area contributed by atoms with Crippen LogP contribution >= 0.6 is 11.3 Å². The Morgan fingerprint density at radius 2 is 2.33 bits per heavy atom. The number of rotatable bonds is 4. The molecule has 1 amide bonds. The lowest BCUT2D eigenvalue weighted by Crippen LogP contribution is -2.33. The molecule has 0 bridgehead atoms. The van der Waals surface area contributed by atoms with Gasteiger partial charge in [0.15, 0.2) is 0 Å². The summed E-state index contributed by atoms with van der Waals surface area (Å²) in [5.74, 6) is 0.875. The molecule has 5 nitrogen and oxygen atoms in total. The lowest BCUT2D eigenvalue weighted by atomic mass is 9.90. The monoisotopic (exact) mass is 339 g/mol. The molecule has 3 aromatic rings. The van der Waals surface area contributed by atoms with Crippen molar-refractivity contribution in [1.82, 2.24) is 15.3 Å². The third-order valence-corrected chi connectivity index (χ3v) is 5.40. The fourth-order valence-corrected chi connectivity index (χ4v) is 4.12. The van der Waals surface area contributed by atoms with Crippen molar-refractivity contribution in [2.45, 2.75) is 25.8 Å².